The number of halogens is 1. The zero-order chi connectivity index (χ0) is 13.7. The summed E-state index contributed by atoms with van der Waals surface area (Å²) in [5, 5.41) is 23.4. The maximum absolute atomic E-state index is 13.3. The van der Waals surface area contributed by atoms with Crippen LogP contribution in [0.1, 0.15) is 17.5 Å². The van der Waals surface area contributed by atoms with Crippen LogP contribution in [0.5, 0.6) is 0 Å². The molecule has 2 N–H and O–H groups in total. The minimum absolute atomic E-state index is 0.197. The molecule has 0 bridgehead atoms. The van der Waals surface area contributed by atoms with Gasteiger partial charge in [-0.3, -0.25) is 0 Å². The number of aliphatic hydroxyl groups is 2. The van der Waals surface area contributed by atoms with Gasteiger partial charge in [0.25, 0.3) is 0 Å². The molecular weight excluding hydrogens is 263 g/mol. The van der Waals surface area contributed by atoms with Gasteiger partial charge in [-0.05, 0) is 52.9 Å². The highest BCUT2D eigenvalue weighted by atomic mass is 32.1. The third-order valence-corrected chi connectivity index (χ3v) is 4.25. The first kappa shape index (κ1) is 14.2. The molecule has 102 valence electrons. The molecule has 0 radical (unpaired) electrons. The summed E-state index contributed by atoms with van der Waals surface area (Å²) in [5.74, 6) is -0.348. The summed E-state index contributed by atoms with van der Waals surface area (Å²) in [6.45, 7) is -0.395. The van der Waals surface area contributed by atoms with E-state index >= 15 is 0 Å². The van der Waals surface area contributed by atoms with Crippen molar-refractivity contribution in [3.63, 3.8) is 0 Å². The Kier molecular flexibility index (Phi) is 4.69. The predicted molar refractivity (Wildman–Crippen MR) is 74.9 cm³/mol. The van der Waals surface area contributed by atoms with E-state index in [1.807, 2.05) is 16.8 Å². The molecule has 2 aromatic rings. The first-order chi connectivity index (χ1) is 9.20. The van der Waals surface area contributed by atoms with Gasteiger partial charge in [0, 0.05) is 5.41 Å². The quantitative estimate of drug-likeness (QED) is 0.854. The summed E-state index contributed by atoms with van der Waals surface area (Å²) in [5.41, 5.74) is 1.03. The second-order valence-electron chi connectivity index (χ2n) is 4.74. The molecule has 0 saturated heterocycles. The van der Waals surface area contributed by atoms with E-state index in [0.29, 0.717) is 12.0 Å². The van der Waals surface area contributed by atoms with Gasteiger partial charge in [0.05, 0.1) is 13.2 Å². The van der Waals surface area contributed by atoms with Crippen molar-refractivity contribution < 1.29 is 14.6 Å². The molecule has 4 heteroatoms. The summed E-state index contributed by atoms with van der Waals surface area (Å²) in [7, 11) is 0. The van der Waals surface area contributed by atoms with Crippen molar-refractivity contribution in [1.29, 1.82) is 0 Å². The average molecular weight is 280 g/mol. The van der Waals surface area contributed by atoms with E-state index in [-0.39, 0.29) is 19.0 Å². The molecule has 0 fully saturated rings. The molecule has 0 aliphatic carbocycles. The van der Waals surface area contributed by atoms with E-state index in [2.05, 4.69) is 0 Å². The van der Waals surface area contributed by atoms with Crippen molar-refractivity contribution in [1.82, 2.24) is 0 Å². The molecule has 1 aromatic carbocycles. The van der Waals surface area contributed by atoms with Crippen LogP contribution in [0.15, 0.2) is 41.1 Å². The Morgan fingerprint density at radius 1 is 1.16 bits per heavy atom. The van der Waals surface area contributed by atoms with Crippen molar-refractivity contribution in [2.24, 2.45) is 0 Å². The maximum Gasteiger partial charge on any atom is 0.123 e. The van der Waals surface area contributed by atoms with Gasteiger partial charge < -0.3 is 10.2 Å². The largest absolute Gasteiger partial charge is 0.395 e. The summed E-state index contributed by atoms with van der Waals surface area (Å²) >= 11 is 1.62. The molecule has 0 aliphatic heterocycles. The van der Waals surface area contributed by atoms with Crippen molar-refractivity contribution in [2.75, 3.05) is 13.2 Å². The zero-order valence-corrected chi connectivity index (χ0v) is 11.4. The van der Waals surface area contributed by atoms with Gasteiger partial charge in [0.1, 0.15) is 5.82 Å². The lowest BCUT2D eigenvalue weighted by Crippen LogP contribution is -2.35. The summed E-state index contributed by atoms with van der Waals surface area (Å²) < 4.78 is 13.3. The van der Waals surface area contributed by atoms with Gasteiger partial charge in [-0.2, -0.15) is 11.3 Å². The second kappa shape index (κ2) is 6.28. The van der Waals surface area contributed by atoms with E-state index < -0.39 is 5.41 Å². The minimum atomic E-state index is -0.788. The third-order valence-electron chi connectivity index (χ3n) is 3.51. The number of hydrogen-bond donors (Lipinski definition) is 2. The Bertz CT molecular complexity index is 507. The van der Waals surface area contributed by atoms with E-state index in [0.717, 1.165) is 6.42 Å². The molecule has 0 aliphatic rings. The lowest BCUT2D eigenvalue weighted by Gasteiger charge is -2.30. The van der Waals surface area contributed by atoms with Crippen LogP contribution >= 0.6 is 11.3 Å². The standard InChI is InChI=1S/C15H17FO2S/c16-14-3-1-2-13(8-14)15(10-17,11-18)6-4-12-5-7-19-9-12/h1-3,5,7-9,17-18H,4,6,10-11H2. The van der Waals surface area contributed by atoms with Crippen LogP contribution in [-0.4, -0.2) is 23.4 Å². The molecule has 2 rings (SSSR count). The second-order valence-corrected chi connectivity index (χ2v) is 5.52. The SMILES string of the molecule is OCC(CO)(CCc1ccsc1)c1cccc(F)c1. The number of benzene rings is 1. The van der Waals surface area contributed by atoms with Gasteiger partial charge >= 0.3 is 0 Å². The number of hydrogen-bond acceptors (Lipinski definition) is 3. The fourth-order valence-electron chi connectivity index (χ4n) is 2.17. The van der Waals surface area contributed by atoms with Gasteiger partial charge in [0.2, 0.25) is 0 Å². The Balaban J connectivity index is 2.21. The molecule has 0 spiro atoms. The molecule has 0 atom stereocenters. The van der Waals surface area contributed by atoms with Gasteiger partial charge in [-0.15, -0.1) is 0 Å². The number of aryl methyl sites for hydroxylation is 1. The summed E-state index contributed by atoms with van der Waals surface area (Å²) in [6.07, 6.45) is 1.33. The molecule has 0 saturated carbocycles. The van der Waals surface area contributed by atoms with E-state index in [9.17, 15) is 14.6 Å². The molecule has 19 heavy (non-hydrogen) atoms. The molecule has 1 heterocycles. The van der Waals surface area contributed by atoms with E-state index in [1.165, 1.54) is 17.7 Å². The van der Waals surface area contributed by atoms with Crippen molar-refractivity contribution >= 4 is 11.3 Å². The first-order valence-corrected chi connectivity index (χ1v) is 7.13. The predicted octanol–water partition coefficient (Wildman–Crippen LogP) is 2.74. The topological polar surface area (TPSA) is 40.5 Å². The molecule has 0 unspecified atom stereocenters. The van der Waals surface area contributed by atoms with Crippen molar-refractivity contribution in [3.8, 4) is 0 Å². The van der Waals surface area contributed by atoms with Crippen LogP contribution in [0, 0.1) is 5.82 Å². The monoisotopic (exact) mass is 280 g/mol. The van der Waals surface area contributed by atoms with E-state index in [1.54, 1.807) is 23.5 Å². The number of thiophene rings is 1. The van der Waals surface area contributed by atoms with E-state index in [4.69, 9.17) is 0 Å². The lowest BCUT2D eigenvalue weighted by molar-refractivity contribution is 0.109. The Labute approximate surface area is 116 Å². The fourth-order valence-corrected chi connectivity index (χ4v) is 2.88. The minimum Gasteiger partial charge on any atom is -0.395 e. The zero-order valence-electron chi connectivity index (χ0n) is 10.6. The number of rotatable bonds is 6. The molecule has 2 nitrogen and oxygen atoms in total. The van der Waals surface area contributed by atoms with Crippen LogP contribution < -0.4 is 0 Å². The Hall–Kier alpha value is -1.23. The smallest absolute Gasteiger partial charge is 0.123 e. The summed E-state index contributed by atoms with van der Waals surface area (Å²) in [4.78, 5) is 0. The normalized spacial score (nSPS) is 11.7. The summed E-state index contributed by atoms with van der Waals surface area (Å²) in [6, 6.07) is 8.14. The first-order valence-electron chi connectivity index (χ1n) is 6.19. The highest BCUT2D eigenvalue weighted by molar-refractivity contribution is 7.07. The molecule has 1 aromatic heterocycles. The van der Waals surface area contributed by atoms with Gasteiger partial charge in [0.15, 0.2) is 0 Å². The maximum atomic E-state index is 13.3. The Morgan fingerprint density at radius 3 is 2.53 bits per heavy atom. The lowest BCUT2D eigenvalue weighted by atomic mass is 9.77. The third kappa shape index (κ3) is 3.21. The Morgan fingerprint density at radius 2 is 1.95 bits per heavy atom. The van der Waals surface area contributed by atoms with Crippen LogP contribution in [0.25, 0.3) is 0 Å². The average Bonchev–Trinajstić information content (AvgIpc) is 2.94. The van der Waals surface area contributed by atoms with Crippen LogP contribution in [0.4, 0.5) is 4.39 Å². The van der Waals surface area contributed by atoms with Crippen LogP contribution in [0.3, 0.4) is 0 Å². The van der Waals surface area contributed by atoms with Crippen LogP contribution in [-0.2, 0) is 11.8 Å². The molecular formula is C15H17FO2S. The van der Waals surface area contributed by atoms with Gasteiger partial charge in [-0.1, -0.05) is 12.1 Å². The highest BCUT2D eigenvalue weighted by Crippen LogP contribution is 2.29. The van der Waals surface area contributed by atoms with Crippen molar-refractivity contribution in [2.45, 2.75) is 18.3 Å². The molecule has 0 amide bonds. The number of aliphatic hydroxyl groups excluding tert-OH is 2. The highest BCUT2D eigenvalue weighted by Gasteiger charge is 2.31. The van der Waals surface area contributed by atoms with Gasteiger partial charge in [-0.25, -0.2) is 4.39 Å². The fraction of sp³-hybridized carbons (Fsp3) is 0.333. The van der Waals surface area contributed by atoms with Crippen molar-refractivity contribution in [3.05, 3.63) is 58.0 Å². The van der Waals surface area contributed by atoms with Crippen LogP contribution in [0.2, 0.25) is 0 Å².